The summed E-state index contributed by atoms with van der Waals surface area (Å²) in [7, 11) is 0. The van der Waals surface area contributed by atoms with Gasteiger partial charge in [0.25, 0.3) is 0 Å². The Labute approximate surface area is 121 Å². The van der Waals surface area contributed by atoms with Crippen LogP contribution in [-0.2, 0) is 20.9 Å². The molecule has 0 aromatic heterocycles. The minimum Gasteiger partial charge on any atom is -0.479 e. The first-order valence-electron chi connectivity index (χ1n) is 6.36. The standard InChI is InChI=1S/C14H17NO4S/c16-12(9-19-8-11-4-2-1-3-5-11)15-14(13(17)18)6-7-20-10-14/h1-5H,6-10H2,(H,15,16)(H,17,18). The molecule has 1 saturated heterocycles. The normalized spacial score (nSPS) is 21.6. The number of ether oxygens (including phenoxy) is 1. The molecule has 1 aliphatic rings. The number of aliphatic carboxylic acids is 1. The van der Waals surface area contributed by atoms with Crippen molar-refractivity contribution in [1.29, 1.82) is 0 Å². The number of carboxylic acids is 1. The zero-order valence-electron chi connectivity index (χ0n) is 11.0. The van der Waals surface area contributed by atoms with E-state index >= 15 is 0 Å². The smallest absolute Gasteiger partial charge is 0.330 e. The zero-order valence-corrected chi connectivity index (χ0v) is 11.8. The Hall–Kier alpha value is -1.53. The van der Waals surface area contributed by atoms with Gasteiger partial charge in [0.2, 0.25) is 5.91 Å². The van der Waals surface area contributed by atoms with Crippen LogP contribution in [0.1, 0.15) is 12.0 Å². The molecule has 1 aliphatic heterocycles. The van der Waals surface area contributed by atoms with Gasteiger partial charge in [0.15, 0.2) is 0 Å². The second-order valence-corrected chi connectivity index (χ2v) is 5.82. The molecule has 20 heavy (non-hydrogen) atoms. The number of carboxylic acid groups (broad SMARTS) is 1. The van der Waals surface area contributed by atoms with Crippen LogP contribution in [0.15, 0.2) is 30.3 Å². The Morgan fingerprint density at radius 1 is 1.35 bits per heavy atom. The molecule has 0 spiro atoms. The summed E-state index contributed by atoms with van der Waals surface area (Å²) < 4.78 is 5.30. The van der Waals surface area contributed by atoms with E-state index in [9.17, 15) is 14.7 Å². The molecular weight excluding hydrogens is 278 g/mol. The molecule has 5 nitrogen and oxygen atoms in total. The summed E-state index contributed by atoms with van der Waals surface area (Å²) >= 11 is 1.54. The van der Waals surface area contributed by atoms with Gasteiger partial charge in [-0.15, -0.1) is 0 Å². The van der Waals surface area contributed by atoms with Gasteiger partial charge in [-0.2, -0.15) is 11.8 Å². The van der Waals surface area contributed by atoms with Crippen LogP contribution in [0, 0.1) is 0 Å². The number of carbonyl (C=O) groups excluding carboxylic acids is 1. The molecule has 1 atom stereocenters. The van der Waals surface area contributed by atoms with Gasteiger partial charge < -0.3 is 15.2 Å². The fraction of sp³-hybridized carbons (Fsp3) is 0.429. The van der Waals surface area contributed by atoms with Crippen molar-refractivity contribution < 1.29 is 19.4 Å². The van der Waals surface area contributed by atoms with E-state index in [0.717, 1.165) is 11.3 Å². The van der Waals surface area contributed by atoms with Gasteiger partial charge in [0.05, 0.1) is 6.61 Å². The third-order valence-corrected chi connectivity index (χ3v) is 4.34. The number of thioether (sulfide) groups is 1. The lowest BCUT2D eigenvalue weighted by molar-refractivity contribution is -0.147. The highest BCUT2D eigenvalue weighted by molar-refractivity contribution is 7.99. The van der Waals surface area contributed by atoms with Crippen molar-refractivity contribution >= 4 is 23.6 Å². The minimum absolute atomic E-state index is 0.130. The van der Waals surface area contributed by atoms with E-state index in [2.05, 4.69) is 5.32 Å². The van der Waals surface area contributed by atoms with Crippen molar-refractivity contribution in [3.8, 4) is 0 Å². The highest BCUT2D eigenvalue weighted by Gasteiger charge is 2.43. The fourth-order valence-corrected chi connectivity index (χ4v) is 3.35. The molecule has 2 rings (SSSR count). The minimum atomic E-state index is -1.13. The van der Waals surface area contributed by atoms with Crippen LogP contribution in [0.3, 0.4) is 0 Å². The Morgan fingerprint density at radius 3 is 2.70 bits per heavy atom. The van der Waals surface area contributed by atoms with Crippen molar-refractivity contribution in [2.45, 2.75) is 18.6 Å². The quantitative estimate of drug-likeness (QED) is 0.827. The van der Waals surface area contributed by atoms with Gasteiger partial charge >= 0.3 is 5.97 Å². The van der Waals surface area contributed by atoms with Crippen molar-refractivity contribution in [3.63, 3.8) is 0 Å². The Bertz CT molecular complexity index is 471. The molecule has 0 bridgehead atoms. The van der Waals surface area contributed by atoms with Crippen LogP contribution in [0.5, 0.6) is 0 Å². The molecule has 1 heterocycles. The lowest BCUT2D eigenvalue weighted by atomic mass is 9.99. The van der Waals surface area contributed by atoms with Gasteiger partial charge in [-0.05, 0) is 17.7 Å². The van der Waals surface area contributed by atoms with Crippen LogP contribution in [0.4, 0.5) is 0 Å². The molecule has 1 aromatic carbocycles. The van der Waals surface area contributed by atoms with E-state index in [1.54, 1.807) is 0 Å². The molecule has 1 aromatic rings. The number of hydrogen-bond acceptors (Lipinski definition) is 4. The van der Waals surface area contributed by atoms with E-state index in [-0.39, 0.29) is 12.5 Å². The predicted molar refractivity (Wildman–Crippen MR) is 76.5 cm³/mol. The van der Waals surface area contributed by atoms with E-state index in [1.165, 1.54) is 11.8 Å². The SMILES string of the molecule is O=C(COCc1ccccc1)NC1(C(=O)O)CCSC1. The van der Waals surface area contributed by atoms with Crippen LogP contribution < -0.4 is 5.32 Å². The van der Waals surface area contributed by atoms with Gasteiger partial charge in [-0.3, -0.25) is 4.79 Å². The molecule has 0 radical (unpaired) electrons. The number of carbonyl (C=O) groups is 2. The summed E-state index contributed by atoms with van der Waals surface area (Å²) in [5.41, 5.74) is -0.151. The van der Waals surface area contributed by atoms with Crippen molar-refractivity contribution in [3.05, 3.63) is 35.9 Å². The molecule has 108 valence electrons. The first-order valence-corrected chi connectivity index (χ1v) is 7.52. The summed E-state index contributed by atoms with van der Waals surface area (Å²) in [6.45, 7) is 0.206. The van der Waals surface area contributed by atoms with E-state index in [4.69, 9.17) is 4.74 Å². The third kappa shape index (κ3) is 3.74. The second kappa shape index (κ2) is 6.76. The summed E-state index contributed by atoms with van der Waals surface area (Å²) in [4.78, 5) is 23.1. The van der Waals surface area contributed by atoms with Crippen LogP contribution >= 0.6 is 11.8 Å². The molecule has 2 N–H and O–H groups in total. The van der Waals surface area contributed by atoms with Crippen LogP contribution in [0.2, 0.25) is 0 Å². The molecular formula is C14H17NO4S. The van der Waals surface area contributed by atoms with Crippen LogP contribution in [-0.4, -0.2) is 40.6 Å². The fourth-order valence-electron chi connectivity index (χ4n) is 2.02. The molecule has 1 unspecified atom stereocenters. The number of benzene rings is 1. The average Bonchev–Trinajstić information content (AvgIpc) is 2.90. The Morgan fingerprint density at radius 2 is 2.10 bits per heavy atom. The average molecular weight is 295 g/mol. The number of amides is 1. The van der Waals surface area contributed by atoms with Crippen molar-refractivity contribution in [2.75, 3.05) is 18.1 Å². The third-order valence-electron chi connectivity index (χ3n) is 3.15. The number of hydrogen-bond donors (Lipinski definition) is 2. The van der Waals surface area contributed by atoms with Crippen molar-refractivity contribution in [2.24, 2.45) is 0 Å². The molecule has 1 fully saturated rings. The summed E-state index contributed by atoms with van der Waals surface area (Å²) in [5.74, 6) is -0.200. The summed E-state index contributed by atoms with van der Waals surface area (Å²) in [6, 6.07) is 9.51. The highest BCUT2D eigenvalue weighted by Crippen LogP contribution is 2.28. The van der Waals surface area contributed by atoms with Gasteiger partial charge in [0.1, 0.15) is 12.1 Å². The first kappa shape index (κ1) is 14.9. The number of rotatable bonds is 6. The summed E-state index contributed by atoms with van der Waals surface area (Å²) in [5, 5.41) is 11.8. The van der Waals surface area contributed by atoms with E-state index < -0.39 is 11.5 Å². The highest BCUT2D eigenvalue weighted by atomic mass is 32.2. The largest absolute Gasteiger partial charge is 0.479 e. The topological polar surface area (TPSA) is 75.6 Å². The zero-order chi connectivity index (χ0) is 14.4. The van der Waals surface area contributed by atoms with Crippen LogP contribution in [0.25, 0.3) is 0 Å². The monoisotopic (exact) mass is 295 g/mol. The van der Waals surface area contributed by atoms with Gasteiger partial charge in [-0.25, -0.2) is 4.79 Å². The lowest BCUT2D eigenvalue weighted by Crippen LogP contribution is -2.55. The molecule has 0 aliphatic carbocycles. The van der Waals surface area contributed by atoms with Gasteiger partial charge in [0, 0.05) is 5.75 Å². The lowest BCUT2D eigenvalue weighted by Gasteiger charge is -2.24. The summed E-state index contributed by atoms with van der Waals surface area (Å²) in [6.07, 6.45) is 0.456. The second-order valence-electron chi connectivity index (χ2n) is 4.72. The maximum absolute atomic E-state index is 11.8. The van der Waals surface area contributed by atoms with Crippen molar-refractivity contribution in [1.82, 2.24) is 5.32 Å². The predicted octanol–water partition coefficient (Wildman–Crippen LogP) is 1.28. The number of nitrogens with one attached hydrogen (secondary N) is 1. The maximum Gasteiger partial charge on any atom is 0.330 e. The van der Waals surface area contributed by atoms with Gasteiger partial charge in [-0.1, -0.05) is 30.3 Å². The Balaban J connectivity index is 1.79. The van der Waals surface area contributed by atoms with E-state index in [0.29, 0.717) is 18.8 Å². The first-order chi connectivity index (χ1) is 9.62. The Kier molecular flexibility index (Phi) is 5.03. The maximum atomic E-state index is 11.8. The van der Waals surface area contributed by atoms with E-state index in [1.807, 2.05) is 30.3 Å². The molecule has 6 heteroatoms. The molecule has 1 amide bonds. The molecule has 0 saturated carbocycles.